The summed E-state index contributed by atoms with van der Waals surface area (Å²) in [5, 5.41) is 3.49. The van der Waals surface area contributed by atoms with E-state index in [1.165, 1.54) is 41.9 Å². The molecule has 0 aliphatic carbocycles. The van der Waals surface area contributed by atoms with Gasteiger partial charge in [0, 0.05) is 17.6 Å². The predicted molar refractivity (Wildman–Crippen MR) is 160 cm³/mol. The Balaban J connectivity index is 0.00000484. The van der Waals surface area contributed by atoms with E-state index >= 15 is 4.39 Å². The minimum atomic E-state index is -0.617. The van der Waals surface area contributed by atoms with Gasteiger partial charge in [-0.05, 0) is 50.4 Å². The molecule has 1 heterocycles. The molecule has 0 unspecified atom stereocenters. The molecule has 1 N–H and O–H groups in total. The third-order valence-corrected chi connectivity index (χ3v) is 5.19. The van der Waals surface area contributed by atoms with Crippen LogP contribution in [-0.4, -0.2) is 58.8 Å². The number of hydrogen-bond acceptors (Lipinski definition) is 8. The Morgan fingerprint density at radius 2 is 2.07 bits per heavy atom. The summed E-state index contributed by atoms with van der Waals surface area (Å²) in [6.07, 6.45) is 8.94. The van der Waals surface area contributed by atoms with Crippen LogP contribution in [0.15, 0.2) is 64.6 Å². The summed E-state index contributed by atoms with van der Waals surface area (Å²) in [4.78, 5) is 29.5. The summed E-state index contributed by atoms with van der Waals surface area (Å²) in [5.41, 5.74) is 0.0770. The van der Waals surface area contributed by atoms with Crippen molar-refractivity contribution in [2.24, 2.45) is 9.98 Å². The number of rotatable bonds is 13. The molecule has 0 radical (unpaired) electrons. The molecule has 0 aliphatic heterocycles. The maximum absolute atomic E-state index is 15.1. The molecule has 0 spiro atoms. The second-order valence-electron chi connectivity index (χ2n) is 9.45. The number of ether oxygens (including phenoxy) is 3. The van der Waals surface area contributed by atoms with Crippen molar-refractivity contribution in [3.05, 3.63) is 93.4 Å². The third-order valence-electron chi connectivity index (χ3n) is 5.19. The number of nitrogens with zero attached hydrogens (tertiary/aromatic N) is 5. The van der Waals surface area contributed by atoms with Gasteiger partial charge in [0.25, 0.3) is 0 Å². The minimum absolute atomic E-state index is 0. The fourth-order valence-electron chi connectivity index (χ4n) is 3.37. The topological polar surface area (TPSA) is 111 Å². The van der Waals surface area contributed by atoms with Crippen molar-refractivity contribution < 1.29 is 61.1 Å². The number of aliphatic imine (C=N–C) groups is 2. The summed E-state index contributed by atoms with van der Waals surface area (Å²) in [6, 6.07) is 10.7. The molecule has 0 saturated carbocycles. The normalized spacial score (nSPS) is 11.5. The van der Waals surface area contributed by atoms with Gasteiger partial charge in [0.15, 0.2) is 0 Å². The fraction of sp³-hybridized carbons (Fsp3) is 0.226. The Hall–Kier alpha value is -3.74. The Labute approximate surface area is 282 Å². The van der Waals surface area contributed by atoms with E-state index in [9.17, 15) is 4.79 Å². The molecule has 0 bridgehead atoms. The zero-order chi connectivity index (χ0) is 30.5. The maximum Gasteiger partial charge on any atom is 1.00 e. The van der Waals surface area contributed by atoms with E-state index in [0.717, 1.165) is 0 Å². The van der Waals surface area contributed by atoms with Gasteiger partial charge in [-0.1, -0.05) is 12.6 Å². The summed E-state index contributed by atoms with van der Waals surface area (Å²) in [5.74, 6) is 0.434. The van der Waals surface area contributed by atoms with Crippen LogP contribution in [0.5, 0.6) is 11.5 Å². The summed E-state index contributed by atoms with van der Waals surface area (Å²) in [7, 11) is 3.27. The van der Waals surface area contributed by atoms with Gasteiger partial charge >= 0.3 is 43.8 Å². The molecule has 222 valence electrons. The average Bonchev–Trinajstić information content (AvgIpc) is 2.95. The maximum atomic E-state index is 15.1. The molecule has 1 amide bonds. The zero-order valence-electron chi connectivity index (χ0n) is 25.6. The smallest absolute Gasteiger partial charge is 0.550 e. The Morgan fingerprint density at radius 1 is 1.30 bits per heavy atom. The number of amides is 1. The summed E-state index contributed by atoms with van der Waals surface area (Å²) < 4.78 is 32.0. The van der Waals surface area contributed by atoms with Crippen LogP contribution in [0.25, 0.3) is 10.9 Å². The van der Waals surface area contributed by atoms with Crippen LogP contribution in [-0.2, 0) is 4.74 Å². The largest absolute Gasteiger partial charge is 1.00 e. The molecule has 0 aliphatic rings. The van der Waals surface area contributed by atoms with Gasteiger partial charge in [-0.3, -0.25) is 18.0 Å². The van der Waals surface area contributed by atoms with Gasteiger partial charge in [0.1, 0.15) is 23.5 Å². The number of aromatic nitrogens is 2. The van der Waals surface area contributed by atoms with Crippen molar-refractivity contribution in [3.63, 3.8) is 0 Å². The van der Waals surface area contributed by atoms with E-state index in [2.05, 4.69) is 51.5 Å². The van der Waals surface area contributed by atoms with Crippen molar-refractivity contribution in [1.82, 2.24) is 14.9 Å². The van der Waals surface area contributed by atoms with Gasteiger partial charge in [-0.15, -0.1) is 31.3 Å². The number of fused-ring (bicyclic) bond motifs is 1. The van der Waals surface area contributed by atoms with E-state index in [1.54, 1.807) is 45.4 Å². The van der Waals surface area contributed by atoms with Crippen molar-refractivity contribution in [2.45, 2.75) is 26.4 Å². The van der Waals surface area contributed by atoms with Crippen LogP contribution in [0.3, 0.4) is 0 Å². The van der Waals surface area contributed by atoms with Gasteiger partial charge in [-0.25, -0.2) is 14.2 Å². The zero-order valence-corrected chi connectivity index (χ0v) is 25.6. The Kier molecular flexibility index (Phi) is 16.4. The van der Waals surface area contributed by atoms with Crippen molar-refractivity contribution in [3.8, 4) is 11.5 Å². The van der Waals surface area contributed by atoms with Gasteiger partial charge in [-0.2, -0.15) is 19.2 Å². The Bertz CT molecular complexity index is 1470. The molecule has 44 heavy (non-hydrogen) atoms. The van der Waals surface area contributed by atoms with Gasteiger partial charge < -0.3 is 41.3 Å². The first-order chi connectivity index (χ1) is 20.1. The average molecular weight is 585 g/mol. The van der Waals surface area contributed by atoms with E-state index < -0.39 is 17.5 Å². The van der Waals surface area contributed by atoms with Crippen LogP contribution in [0.1, 0.15) is 20.8 Å². The number of carbonyl (C=O) groups excluding carboxylic acids is 1. The molecule has 3 rings (SSSR count). The number of nitrogens with one attached hydrogen (secondary N) is 1. The predicted octanol–water partition coefficient (Wildman–Crippen LogP) is -0.00545. The Morgan fingerprint density at radius 3 is 2.73 bits per heavy atom. The number of benzene rings is 2. The molecule has 0 saturated heterocycles. The molecule has 10 nitrogen and oxygen atoms in total. The SMILES string of the molecule is [CH-]=C/C(=C\[C-]=NC=N[CH2-])Oc1ccc(Nc2ncnc3cc[c-]c(OC[CH-]CN(C[CH2-])C(=O)OC(C)(C)C)c23)c(F)c1.[Li+].[Li+]. The third kappa shape index (κ3) is 11.7. The van der Waals surface area contributed by atoms with Crippen molar-refractivity contribution >= 4 is 41.1 Å². The number of hydrogen-bond donors (Lipinski definition) is 1. The van der Waals surface area contributed by atoms with Crippen LogP contribution in [0, 0.1) is 38.9 Å². The van der Waals surface area contributed by atoms with E-state index in [0.29, 0.717) is 22.5 Å². The first-order valence-electron chi connectivity index (χ1n) is 12.7. The standard InChI is InChI=1S/C31H31FN6O4.2Li/c1-7-22(15-16-34-20-33-6)41-23-13-14-25(24(32)19-23)37-29-28-26(35-21-36-29)11-9-12-27(28)40-18-10-17-38(8-2)30(39)42-31(3,4)5;;/h1,7,9-11,13-15,19-21H,2,6,8,17-18H2,3-5H3,(H,35,36,37);;/q-6;2*+1/b22-15+,33-20?;;. The van der Waals surface area contributed by atoms with Crippen molar-refractivity contribution in [1.29, 1.82) is 0 Å². The molecule has 1 aromatic heterocycles. The molecular weight excluding hydrogens is 553 g/mol. The van der Waals surface area contributed by atoms with E-state index in [-0.39, 0.29) is 74.6 Å². The number of carbonyl (C=O) groups is 1. The summed E-state index contributed by atoms with van der Waals surface area (Å²) in [6.45, 7) is 15.4. The number of allylic oxidation sites excluding steroid dienone is 2. The van der Waals surface area contributed by atoms with Crippen molar-refractivity contribution in [2.75, 3.05) is 25.0 Å². The molecule has 0 atom stereocenters. The molecule has 13 heteroatoms. The second-order valence-corrected chi connectivity index (χ2v) is 9.45. The summed E-state index contributed by atoms with van der Waals surface area (Å²) >= 11 is 0. The first kappa shape index (κ1) is 38.3. The van der Waals surface area contributed by atoms with Gasteiger partial charge in [0.2, 0.25) is 0 Å². The number of anilines is 2. The van der Waals surface area contributed by atoms with Crippen LogP contribution in [0.2, 0.25) is 0 Å². The minimum Gasteiger partial charge on any atom is -0.550 e. The molecule has 3 aromatic rings. The monoisotopic (exact) mass is 584 g/mol. The quantitative estimate of drug-likeness (QED) is 0.0573. The van der Waals surface area contributed by atoms with E-state index in [1.807, 2.05) is 0 Å². The first-order valence-corrected chi connectivity index (χ1v) is 12.7. The molecule has 2 aromatic carbocycles. The van der Waals surface area contributed by atoms with Crippen LogP contribution >= 0.6 is 0 Å². The van der Waals surface area contributed by atoms with Crippen LogP contribution in [0.4, 0.5) is 20.7 Å². The van der Waals surface area contributed by atoms with Gasteiger partial charge in [0.05, 0.1) is 11.5 Å². The molecular formula is C31H31FLi2N6O4-4. The number of halogens is 1. The van der Waals surface area contributed by atoms with E-state index in [4.69, 9.17) is 20.8 Å². The second kappa shape index (κ2) is 18.8. The molecule has 0 fully saturated rings. The van der Waals surface area contributed by atoms with Crippen LogP contribution < -0.4 is 52.5 Å². The fourth-order valence-corrected chi connectivity index (χ4v) is 3.37.